The van der Waals surface area contributed by atoms with Crippen LogP contribution < -0.4 is 14.9 Å². The van der Waals surface area contributed by atoms with Gasteiger partial charge < -0.3 is 9.47 Å². The number of methoxy groups -OCH3 is 1. The molecule has 0 saturated heterocycles. The van der Waals surface area contributed by atoms with E-state index in [-0.39, 0.29) is 5.82 Å². The van der Waals surface area contributed by atoms with E-state index in [0.717, 1.165) is 30.7 Å². The van der Waals surface area contributed by atoms with Crippen molar-refractivity contribution >= 4 is 12.0 Å². The van der Waals surface area contributed by atoms with Crippen molar-refractivity contribution < 1.29 is 22.6 Å². The Kier molecular flexibility index (Phi) is 6.82. The fourth-order valence-electron chi connectivity index (χ4n) is 2.01. The zero-order valence-electron chi connectivity index (χ0n) is 14.5. The highest BCUT2D eigenvalue weighted by Gasteiger charge is 2.30. The lowest BCUT2D eigenvalue weighted by atomic mass is 10.2. The highest BCUT2D eigenvalue weighted by Crippen LogP contribution is 2.29. The van der Waals surface area contributed by atoms with Gasteiger partial charge in [0, 0.05) is 6.20 Å². The maximum Gasteiger partial charge on any atom is 0.417 e. The van der Waals surface area contributed by atoms with Gasteiger partial charge in [-0.3, -0.25) is 5.43 Å². The van der Waals surface area contributed by atoms with Gasteiger partial charge in [0.15, 0.2) is 11.5 Å². The minimum absolute atomic E-state index is 0.209. The van der Waals surface area contributed by atoms with Gasteiger partial charge in [0.1, 0.15) is 5.82 Å². The summed E-state index contributed by atoms with van der Waals surface area (Å²) in [5.74, 6) is 1.44. The summed E-state index contributed by atoms with van der Waals surface area (Å²) < 4.78 is 48.4. The number of ether oxygens (including phenoxy) is 2. The molecule has 0 spiro atoms. The van der Waals surface area contributed by atoms with Crippen molar-refractivity contribution in [3.05, 3.63) is 47.7 Å². The normalized spacial score (nSPS) is 11.6. The minimum Gasteiger partial charge on any atom is -0.493 e. The molecule has 1 heterocycles. The third-order valence-electron chi connectivity index (χ3n) is 3.43. The van der Waals surface area contributed by atoms with Gasteiger partial charge in [-0.2, -0.15) is 18.3 Å². The van der Waals surface area contributed by atoms with Crippen molar-refractivity contribution in [2.45, 2.75) is 25.9 Å². The van der Waals surface area contributed by atoms with Crippen LogP contribution in [-0.4, -0.2) is 24.9 Å². The average molecular weight is 367 g/mol. The van der Waals surface area contributed by atoms with Crippen LogP contribution in [-0.2, 0) is 6.18 Å². The van der Waals surface area contributed by atoms with Crippen LogP contribution >= 0.6 is 0 Å². The molecule has 140 valence electrons. The Balaban J connectivity index is 1.99. The van der Waals surface area contributed by atoms with Gasteiger partial charge in [-0.15, -0.1) is 0 Å². The zero-order chi connectivity index (χ0) is 19.0. The predicted octanol–water partition coefficient (Wildman–Crippen LogP) is 4.73. The molecule has 0 radical (unpaired) electrons. The van der Waals surface area contributed by atoms with Crippen molar-refractivity contribution in [3.8, 4) is 11.5 Å². The van der Waals surface area contributed by atoms with Crippen LogP contribution in [0.25, 0.3) is 0 Å². The van der Waals surface area contributed by atoms with E-state index in [1.54, 1.807) is 25.3 Å². The number of rotatable bonds is 8. The van der Waals surface area contributed by atoms with Crippen LogP contribution in [0.1, 0.15) is 30.9 Å². The number of hydrogen-bond donors (Lipinski definition) is 1. The van der Waals surface area contributed by atoms with E-state index >= 15 is 0 Å². The highest BCUT2D eigenvalue weighted by molar-refractivity contribution is 5.81. The summed E-state index contributed by atoms with van der Waals surface area (Å²) in [4.78, 5) is 3.68. The van der Waals surface area contributed by atoms with Crippen molar-refractivity contribution in [2.75, 3.05) is 19.1 Å². The third-order valence-corrected chi connectivity index (χ3v) is 3.43. The van der Waals surface area contributed by atoms with Gasteiger partial charge in [-0.25, -0.2) is 4.98 Å². The molecule has 2 rings (SSSR count). The number of unbranched alkanes of at least 4 members (excludes halogenated alkanes) is 1. The third kappa shape index (κ3) is 5.65. The van der Waals surface area contributed by atoms with Crippen molar-refractivity contribution in [1.29, 1.82) is 0 Å². The first-order valence-electron chi connectivity index (χ1n) is 8.07. The van der Waals surface area contributed by atoms with E-state index in [4.69, 9.17) is 9.47 Å². The maximum atomic E-state index is 12.5. The summed E-state index contributed by atoms with van der Waals surface area (Å²) in [6, 6.07) is 7.50. The summed E-state index contributed by atoms with van der Waals surface area (Å²) in [6.07, 6.45) is -0.152. The van der Waals surface area contributed by atoms with E-state index in [9.17, 15) is 13.2 Å². The first-order valence-corrected chi connectivity index (χ1v) is 8.07. The number of nitrogens with one attached hydrogen (secondary N) is 1. The zero-order valence-corrected chi connectivity index (χ0v) is 14.5. The molecule has 0 aliphatic rings. The summed E-state index contributed by atoms with van der Waals surface area (Å²) >= 11 is 0. The Morgan fingerprint density at radius 2 is 2.00 bits per heavy atom. The van der Waals surface area contributed by atoms with E-state index in [2.05, 4.69) is 22.4 Å². The molecule has 0 unspecified atom stereocenters. The standard InChI is InChI=1S/C18H20F3N3O2/c1-3-4-9-26-15-7-5-13(10-16(15)25-2)11-23-24-17-8-6-14(12-22-17)18(19,20)21/h5-8,10-12H,3-4,9H2,1-2H3,(H,22,24)/b23-11-. The number of alkyl halides is 3. The predicted molar refractivity (Wildman–Crippen MR) is 93.9 cm³/mol. The summed E-state index contributed by atoms with van der Waals surface area (Å²) in [5, 5.41) is 3.97. The smallest absolute Gasteiger partial charge is 0.417 e. The molecule has 1 N–H and O–H groups in total. The first kappa shape index (κ1) is 19.6. The van der Waals surface area contributed by atoms with E-state index in [1.165, 1.54) is 12.3 Å². The van der Waals surface area contributed by atoms with Crippen LogP contribution in [0.5, 0.6) is 11.5 Å². The maximum absolute atomic E-state index is 12.5. The van der Waals surface area contributed by atoms with Crippen LogP contribution in [0.4, 0.5) is 19.0 Å². The minimum atomic E-state index is -4.41. The van der Waals surface area contributed by atoms with Gasteiger partial charge >= 0.3 is 6.18 Å². The van der Waals surface area contributed by atoms with Gasteiger partial charge in [0.05, 0.1) is 25.5 Å². The molecular formula is C18H20F3N3O2. The number of hydrazone groups is 1. The lowest BCUT2D eigenvalue weighted by Gasteiger charge is -2.10. The Labute approximate surface area is 149 Å². The molecule has 0 bridgehead atoms. The highest BCUT2D eigenvalue weighted by atomic mass is 19.4. The number of hydrogen-bond acceptors (Lipinski definition) is 5. The second kappa shape index (κ2) is 9.07. The van der Waals surface area contributed by atoms with Crippen LogP contribution in [0.2, 0.25) is 0 Å². The van der Waals surface area contributed by atoms with E-state index in [1.807, 2.05) is 0 Å². The molecule has 8 heteroatoms. The van der Waals surface area contributed by atoms with Gasteiger partial charge in [0.2, 0.25) is 0 Å². The lowest BCUT2D eigenvalue weighted by molar-refractivity contribution is -0.137. The first-order chi connectivity index (χ1) is 12.4. The second-order valence-electron chi connectivity index (χ2n) is 5.41. The Morgan fingerprint density at radius 1 is 1.19 bits per heavy atom. The quantitative estimate of drug-likeness (QED) is 0.416. The topological polar surface area (TPSA) is 55.7 Å². The van der Waals surface area contributed by atoms with Gasteiger partial charge in [-0.1, -0.05) is 13.3 Å². The number of pyridine rings is 1. The Bertz CT molecular complexity index is 731. The number of aromatic nitrogens is 1. The molecule has 1 aromatic heterocycles. The monoisotopic (exact) mass is 367 g/mol. The Hall–Kier alpha value is -2.77. The summed E-state index contributed by atoms with van der Waals surface area (Å²) in [7, 11) is 1.55. The molecule has 0 aliphatic carbocycles. The molecule has 0 aliphatic heterocycles. The summed E-state index contributed by atoms with van der Waals surface area (Å²) in [5.41, 5.74) is 2.51. The molecule has 0 atom stereocenters. The van der Waals surface area contributed by atoms with Gasteiger partial charge in [-0.05, 0) is 42.3 Å². The molecule has 26 heavy (non-hydrogen) atoms. The van der Waals surface area contributed by atoms with E-state index in [0.29, 0.717) is 18.1 Å². The van der Waals surface area contributed by atoms with Gasteiger partial charge in [0.25, 0.3) is 0 Å². The number of benzene rings is 1. The van der Waals surface area contributed by atoms with Crippen LogP contribution in [0, 0.1) is 0 Å². The van der Waals surface area contributed by atoms with Crippen molar-refractivity contribution in [1.82, 2.24) is 4.98 Å². The second-order valence-corrected chi connectivity index (χ2v) is 5.41. The molecule has 5 nitrogen and oxygen atoms in total. The van der Waals surface area contributed by atoms with Crippen LogP contribution in [0.15, 0.2) is 41.6 Å². The molecule has 0 fully saturated rings. The average Bonchev–Trinajstić information content (AvgIpc) is 2.62. The SMILES string of the molecule is CCCCOc1ccc(/C=N\Nc2ccc(C(F)(F)F)cn2)cc1OC. The lowest BCUT2D eigenvalue weighted by Crippen LogP contribution is -2.05. The number of halogens is 3. The summed E-state index contributed by atoms with van der Waals surface area (Å²) in [6.45, 7) is 2.69. The largest absolute Gasteiger partial charge is 0.493 e. The van der Waals surface area contributed by atoms with Crippen LogP contribution in [0.3, 0.4) is 0 Å². The Morgan fingerprint density at radius 3 is 2.62 bits per heavy atom. The van der Waals surface area contributed by atoms with Crippen molar-refractivity contribution in [2.24, 2.45) is 5.10 Å². The number of nitrogens with zero attached hydrogens (tertiary/aromatic N) is 2. The van der Waals surface area contributed by atoms with E-state index < -0.39 is 11.7 Å². The fraction of sp³-hybridized carbons (Fsp3) is 0.333. The molecule has 1 aromatic carbocycles. The molecule has 0 amide bonds. The molecular weight excluding hydrogens is 347 g/mol. The number of anilines is 1. The molecule has 2 aromatic rings. The molecule has 0 saturated carbocycles. The fourth-order valence-corrected chi connectivity index (χ4v) is 2.01. The van der Waals surface area contributed by atoms with Crippen molar-refractivity contribution in [3.63, 3.8) is 0 Å².